The van der Waals surface area contributed by atoms with Crippen molar-refractivity contribution in [2.45, 2.75) is 32.7 Å². The summed E-state index contributed by atoms with van der Waals surface area (Å²) in [4.78, 5) is 10.7. The van der Waals surface area contributed by atoms with E-state index in [2.05, 4.69) is 14.9 Å². The van der Waals surface area contributed by atoms with E-state index in [-0.39, 0.29) is 0 Å². The fraction of sp³-hybridized carbons (Fsp3) is 0.273. The minimum Gasteiger partial charge on any atom is -0.372 e. The Hall–Kier alpha value is -2.70. The Bertz CT molecular complexity index is 950. The van der Waals surface area contributed by atoms with Gasteiger partial charge in [0.15, 0.2) is 11.6 Å². The number of pyridine rings is 2. The third-order valence-electron chi connectivity index (χ3n) is 4.95. The molecule has 0 saturated carbocycles. The summed E-state index contributed by atoms with van der Waals surface area (Å²) in [5.74, 6) is -1.61. The summed E-state index contributed by atoms with van der Waals surface area (Å²) in [6.45, 7) is 3.19. The monoisotopic (exact) mass is 381 g/mol. The highest BCUT2D eigenvalue weighted by Gasteiger charge is 2.20. The maximum absolute atomic E-state index is 13.4. The van der Waals surface area contributed by atoms with E-state index < -0.39 is 11.6 Å². The number of hydrogen-bond acceptors (Lipinski definition) is 4. The first-order valence-electron chi connectivity index (χ1n) is 9.26. The van der Waals surface area contributed by atoms with Crippen LogP contribution in [0.15, 0.2) is 55.1 Å². The van der Waals surface area contributed by atoms with E-state index in [0.717, 1.165) is 41.8 Å². The lowest BCUT2D eigenvalue weighted by molar-refractivity contribution is 0.105. The smallest absolute Gasteiger partial charge is 0.159 e. The number of fused-ring (bicyclic) bond motifs is 1. The van der Waals surface area contributed by atoms with Crippen molar-refractivity contribution in [3.63, 3.8) is 0 Å². The van der Waals surface area contributed by atoms with Crippen LogP contribution in [0.1, 0.15) is 27.8 Å². The molecular weight excluding hydrogens is 360 g/mol. The van der Waals surface area contributed by atoms with Crippen LogP contribution in [0.4, 0.5) is 8.78 Å². The fourth-order valence-electron chi connectivity index (χ4n) is 3.54. The molecule has 4 rings (SSSR count). The number of nitrogens with zero attached hydrogens (tertiary/aromatic N) is 3. The summed E-state index contributed by atoms with van der Waals surface area (Å²) in [6, 6.07) is 7.97. The van der Waals surface area contributed by atoms with Crippen molar-refractivity contribution in [2.75, 3.05) is 6.54 Å². The minimum absolute atomic E-state index is 0.508. The Kier molecular flexibility index (Phi) is 5.69. The van der Waals surface area contributed by atoms with Gasteiger partial charge in [0.2, 0.25) is 0 Å². The highest BCUT2D eigenvalue weighted by Crippen LogP contribution is 2.24. The van der Waals surface area contributed by atoms with E-state index in [9.17, 15) is 8.78 Å². The zero-order chi connectivity index (χ0) is 19.3. The van der Waals surface area contributed by atoms with Crippen LogP contribution in [-0.2, 0) is 37.5 Å². The van der Waals surface area contributed by atoms with Gasteiger partial charge in [-0.2, -0.15) is 0 Å². The van der Waals surface area contributed by atoms with Crippen LogP contribution in [0.5, 0.6) is 0 Å². The predicted molar refractivity (Wildman–Crippen MR) is 101 cm³/mol. The summed E-state index contributed by atoms with van der Waals surface area (Å²) < 4.78 is 32.4. The summed E-state index contributed by atoms with van der Waals surface area (Å²) in [6.07, 6.45) is 8.18. The van der Waals surface area contributed by atoms with Gasteiger partial charge in [-0.1, -0.05) is 12.1 Å². The van der Waals surface area contributed by atoms with Crippen molar-refractivity contribution in [3.8, 4) is 0 Å². The van der Waals surface area contributed by atoms with Crippen LogP contribution in [-0.4, -0.2) is 21.4 Å². The van der Waals surface area contributed by atoms with Gasteiger partial charge in [0, 0.05) is 44.4 Å². The number of benzene rings is 1. The fourth-order valence-corrected chi connectivity index (χ4v) is 3.54. The van der Waals surface area contributed by atoms with Crippen molar-refractivity contribution in [1.82, 2.24) is 14.9 Å². The average molecular weight is 381 g/mol. The zero-order valence-electron chi connectivity index (χ0n) is 15.4. The molecule has 2 aromatic heterocycles. The minimum atomic E-state index is -0.812. The molecule has 1 aliphatic rings. The lowest BCUT2D eigenvalue weighted by Gasteiger charge is -2.29. The largest absolute Gasteiger partial charge is 0.372 e. The average Bonchev–Trinajstić information content (AvgIpc) is 2.71. The molecule has 0 amide bonds. The van der Waals surface area contributed by atoms with Gasteiger partial charge in [-0.25, -0.2) is 8.78 Å². The van der Waals surface area contributed by atoms with Crippen LogP contribution in [0.3, 0.4) is 0 Å². The molecule has 0 atom stereocenters. The molecule has 0 fully saturated rings. The second-order valence-corrected chi connectivity index (χ2v) is 7.00. The quantitative estimate of drug-likeness (QED) is 0.646. The van der Waals surface area contributed by atoms with E-state index in [1.54, 1.807) is 18.5 Å². The molecule has 1 aliphatic heterocycles. The van der Waals surface area contributed by atoms with Crippen molar-refractivity contribution < 1.29 is 13.5 Å². The summed E-state index contributed by atoms with van der Waals surface area (Å²) in [5.41, 5.74) is 5.36. The van der Waals surface area contributed by atoms with Gasteiger partial charge >= 0.3 is 0 Å². The molecule has 0 saturated heterocycles. The lowest BCUT2D eigenvalue weighted by Crippen LogP contribution is -2.31. The molecule has 3 heterocycles. The van der Waals surface area contributed by atoms with Crippen molar-refractivity contribution in [3.05, 3.63) is 94.6 Å². The first-order chi connectivity index (χ1) is 13.7. The summed E-state index contributed by atoms with van der Waals surface area (Å²) in [7, 11) is 0. The molecule has 0 radical (unpaired) electrons. The lowest BCUT2D eigenvalue weighted by atomic mass is 9.97. The number of halogens is 2. The standard InChI is InChI=1S/C22H21F2N3O/c23-21-4-3-16(8-22(21)24)12-27-7-5-20-18(13-27)10-26-11-19(20)15-28-14-17-2-1-6-25-9-17/h1-4,6,8-11H,5,7,12-15H2. The first kappa shape index (κ1) is 18.7. The second-order valence-electron chi connectivity index (χ2n) is 7.00. The van der Waals surface area contributed by atoms with Gasteiger partial charge in [-0.15, -0.1) is 0 Å². The van der Waals surface area contributed by atoms with E-state index in [1.807, 2.05) is 24.5 Å². The van der Waals surface area contributed by atoms with Crippen LogP contribution >= 0.6 is 0 Å². The molecule has 144 valence electrons. The highest BCUT2D eigenvalue weighted by molar-refractivity contribution is 5.34. The molecule has 0 N–H and O–H groups in total. The Morgan fingerprint density at radius 3 is 2.71 bits per heavy atom. The maximum Gasteiger partial charge on any atom is 0.159 e. The van der Waals surface area contributed by atoms with Crippen LogP contribution in [0, 0.1) is 11.6 Å². The number of ether oxygens (including phenoxy) is 1. The van der Waals surface area contributed by atoms with Crippen LogP contribution < -0.4 is 0 Å². The Labute approximate surface area is 162 Å². The molecule has 28 heavy (non-hydrogen) atoms. The Morgan fingerprint density at radius 2 is 1.89 bits per heavy atom. The maximum atomic E-state index is 13.4. The summed E-state index contributed by atoms with van der Waals surface area (Å²) in [5, 5.41) is 0. The van der Waals surface area contributed by atoms with Crippen molar-refractivity contribution >= 4 is 0 Å². The molecule has 3 aromatic rings. The Balaban J connectivity index is 1.39. The molecule has 6 heteroatoms. The molecule has 0 spiro atoms. The van der Waals surface area contributed by atoms with Crippen molar-refractivity contribution in [2.24, 2.45) is 0 Å². The molecule has 0 bridgehead atoms. The van der Waals surface area contributed by atoms with Gasteiger partial charge in [-0.3, -0.25) is 14.9 Å². The topological polar surface area (TPSA) is 38.2 Å². The van der Waals surface area contributed by atoms with Gasteiger partial charge in [0.05, 0.1) is 13.2 Å². The molecule has 4 nitrogen and oxygen atoms in total. The SMILES string of the molecule is Fc1ccc(CN2CCc3c(COCc4cccnc4)cncc3C2)cc1F. The third kappa shape index (κ3) is 4.40. The van der Waals surface area contributed by atoms with Crippen LogP contribution in [0.2, 0.25) is 0 Å². The first-order valence-corrected chi connectivity index (χ1v) is 9.26. The Morgan fingerprint density at radius 1 is 0.964 bits per heavy atom. The van der Waals surface area contributed by atoms with Gasteiger partial charge < -0.3 is 4.74 Å². The van der Waals surface area contributed by atoms with Gasteiger partial charge in [0.1, 0.15) is 0 Å². The second kappa shape index (κ2) is 8.54. The van der Waals surface area contributed by atoms with E-state index in [0.29, 0.717) is 19.8 Å². The van der Waals surface area contributed by atoms with E-state index in [4.69, 9.17) is 4.74 Å². The molecule has 1 aromatic carbocycles. The molecule has 0 unspecified atom stereocenters. The highest BCUT2D eigenvalue weighted by atomic mass is 19.2. The third-order valence-corrected chi connectivity index (χ3v) is 4.95. The van der Waals surface area contributed by atoms with E-state index >= 15 is 0 Å². The van der Waals surface area contributed by atoms with Gasteiger partial charge in [0.25, 0.3) is 0 Å². The molecular formula is C22H21F2N3O. The van der Waals surface area contributed by atoms with Crippen molar-refractivity contribution in [1.29, 1.82) is 0 Å². The van der Waals surface area contributed by atoms with Crippen LogP contribution in [0.25, 0.3) is 0 Å². The molecule has 0 aliphatic carbocycles. The predicted octanol–water partition coefficient (Wildman–Crippen LogP) is 4.03. The summed E-state index contributed by atoms with van der Waals surface area (Å²) >= 11 is 0. The zero-order valence-corrected chi connectivity index (χ0v) is 15.4. The number of hydrogen-bond donors (Lipinski definition) is 0. The number of rotatable bonds is 6. The number of aromatic nitrogens is 2. The van der Waals surface area contributed by atoms with E-state index in [1.165, 1.54) is 17.7 Å². The van der Waals surface area contributed by atoms with Gasteiger partial charge in [-0.05, 0) is 52.4 Å². The normalized spacial score (nSPS) is 14.1.